The van der Waals surface area contributed by atoms with E-state index in [1.165, 1.54) is 11.0 Å². The van der Waals surface area contributed by atoms with Crippen LogP contribution in [0.15, 0.2) is 78.9 Å². The Balaban J connectivity index is 1.46. The Kier molecular flexibility index (Phi) is 6.33. The minimum absolute atomic E-state index is 0.204. The summed E-state index contributed by atoms with van der Waals surface area (Å²) in [4.78, 5) is 38.3. The third-order valence-electron chi connectivity index (χ3n) is 4.89. The number of ether oxygens (including phenoxy) is 1. The number of carbonyl (C=O) groups is 3. The summed E-state index contributed by atoms with van der Waals surface area (Å²) in [5.74, 6) is -0.519. The Bertz CT molecular complexity index is 1220. The summed E-state index contributed by atoms with van der Waals surface area (Å²) in [5.41, 5.74) is 2.79. The fourth-order valence-corrected chi connectivity index (χ4v) is 3.51. The molecule has 7 heteroatoms. The minimum atomic E-state index is -0.416. The van der Waals surface area contributed by atoms with Crippen molar-refractivity contribution in [3.63, 3.8) is 0 Å². The smallest absolute Gasteiger partial charge is 0.414 e. The van der Waals surface area contributed by atoms with E-state index in [9.17, 15) is 14.4 Å². The van der Waals surface area contributed by atoms with Crippen LogP contribution >= 0.6 is 11.6 Å². The SMILES string of the molecule is O=C(C=Cc1cccc(NC(=O)c2ccccc2Cl)c1)c1cccc(N2CCOC2=O)c1. The average molecular weight is 447 g/mol. The van der Waals surface area contributed by atoms with Gasteiger partial charge in [-0.15, -0.1) is 0 Å². The van der Waals surface area contributed by atoms with E-state index in [2.05, 4.69) is 5.32 Å². The first-order chi connectivity index (χ1) is 15.5. The molecule has 0 unspecified atom stereocenters. The first-order valence-electron chi connectivity index (χ1n) is 9.94. The third kappa shape index (κ3) is 4.87. The van der Waals surface area contributed by atoms with Crippen molar-refractivity contribution in [2.45, 2.75) is 0 Å². The number of benzene rings is 3. The maximum absolute atomic E-state index is 12.6. The molecular weight excluding hydrogens is 428 g/mol. The second-order valence-electron chi connectivity index (χ2n) is 7.07. The van der Waals surface area contributed by atoms with Crippen LogP contribution in [0.1, 0.15) is 26.3 Å². The number of hydrogen-bond acceptors (Lipinski definition) is 4. The van der Waals surface area contributed by atoms with Gasteiger partial charge in [0.05, 0.1) is 17.1 Å². The summed E-state index contributed by atoms with van der Waals surface area (Å²) in [6, 6.07) is 20.8. The van der Waals surface area contributed by atoms with Gasteiger partial charge in [0, 0.05) is 16.9 Å². The Labute approximate surface area is 190 Å². The van der Waals surface area contributed by atoms with Crippen molar-refractivity contribution < 1.29 is 19.1 Å². The number of halogens is 1. The molecule has 1 aliphatic heterocycles. The predicted octanol–water partition coefficient (Wildman–Crippen LogP) is 5.45. The zero-order valence-electron chi connectivity index (χ0n) is 17.0. The molecular formula is C25H19ClN2O4. The molecule has 0 aliphatic carbocycles. The Hall–Kier alpha value is -3.90. The first kappa shape index (κ1) is 21.3. The molecule has 0 spiro atoms. The molecule has 160 valence electrons. The predicted molar refractivity (Wildman–Crippen MR) is 124 cm³/mol. The highest BCUT2D eigenvalue weighted by atomic mass is 35.5. The van der Waals surface area contributed by atoms with Crippen LogP contribution in [0.3, 0.4) is 0 Å². The normalized spacial score (nSPS) is 13.3. The zero-order chi connectivity index (χ0) is 22.5. The summed E-state index contributed by atoms with van der Waals surface area (Å²) in [7, 11) is 0. The molecule has 32 heavy (non-hydrogen) atoms. The number of carbonyl (C=O) groups excluding carboxylic acids is 3. The van der Waals surface area contributed by atoms with Gasteiger partial charge in [-0.25, -0.2) is 4.79 Å². The zero-order valence-corrected chi connectivity index (χ0v) is 17.7. The molecule has 1 aliphatic rings. The quantitative estimate of drug-likeness (QED) is 0.404. The van der Waals surface area contributed by atoms with Gasteiger partial charge in [-0.05, 0) is 48.0 Å². The van der Waals surface area contributed by atoms with Crippen LogP contribution in [0.5, 0.6) is 0 Å². The molecule has 0 aromatic heterocycles. The van der Waals surface area contributed by atoms with Crippen molar-refractivity contribution >= 4 is 46.8 Å². The molecule has 1 heterocycles. The molecule has 0 atom stereocenters. The van der Waals surface area contributed by atoms with Gasteiger partial charge in [0.15, 0.2) is 5.78 Å². The van der Waals surface area contributed by atoms with Crippen molar-refractivity contribution in [1.29, 1.82) is 0 Å². The van der Waals surface area contributed by atoms with E-state index in [1.807, 2.05) is 6.07 Å². The molecule has 1 fully saturated rings. The van der Waals surface area contributed by atoms with Crippen molar-refractivity contribution in [3.05, 3.63) is 101 Å². The molecule has 2 amide bonds. The van der Waals surface area contributed by atoms with Crippen molar-refractivity contribution in [2.75, 3.05) is 23.4 Å². The summed E-state index contributed by atoms with van der Waals surface area (Å²) in [6.07, 6.45) is 2.71. The Morgan fingerprint density at radius 2 is 1.81 bits per heavy atom. The monoisotopic (exact) mass is 446 g/mol. The lowest BCUT2D eigenvalue weighted by molar-refractivity contribution is 0.102. The Morgan fingerprint density at radius 3 is 2.59 bits per heavy atom. The number of hydrogen-bond donors (Lipinski definition) is 1. The Morgan fingerprint density at radius 1 is 1.00 bits per heavy atom. The summed E-state index contributed by atoms with van der Waals surface area (Å²) in [5, 5.41) is 3.18. The molecule has 1 saturated heterocycles. The number of amides is 2. The van der Waals surface area contributed by atoms with Crippen LogP contribution in [0.25, 0.3) is 6.08 Å². The van der Waals surface area contributed by atoms with E-state index < -0.39 is 6.09 Å². The van der Waals surface area contributed by atoms with Crippen molar-refractivity contribution in [1.82, 2.24) is 0 Å². The van der Waals surface area contributed by atoms with Crippen LogP contribution in [0.4, 0.5) is 16.2 Å². The van der Waals surface area contributed by atoms with Gasteiger partial charge in [0.2, 0.25) is 0 Å². The van der Waals surface area contributed by atoms with E-state index in [-0.39, 0.29) is 11.7 Å². The van der Waals surface area contributed by atoms with Gasteiger partial charge in [0.25, 0.3) is 5.91 Å². The van der Waals surface area contributed by atoms with E-state index in [1.54, 1.807) is 72.8 Å². The van der Waals surface area contributed by atoms with Gasteiger partial charge in [0.1, 0.15) is 6.61 Å². The van der Waals surface area contributed by atoms with Crippen molar-refractivity contribution in [2.24, 2.45) is 0 Å². The summed E-state index contributed by atoms with van der Waals surface area (Å²) in [6.45, 7) is 0.791. The lowest BCUT2D eigenvalue weighted by Crippen LogP contribution is -2.23. The number of ketones is 1. The van der Waals surface area contributed by atoms with Crippen LogP contribution in [0.2, 0.25) is 5.02 Å². The van der Waals surface area contributed by atoms with Crippen molar-refractivity contribution in [3.8, 4) is 0 Å². The largest absolute Gasteiger partial charge is 0.447 e. The highest BCUT2D eigenvalue weighted by Crippen LogP contribution is 2.21. The van der Waals surface area contributed by atoms with E-state index in [0.29, 0.717) is 40.7 Å². The van der Waals surface area contributed by atoms with Crippen LogP contribution in [0, 0.1) is 0 Å². The number of nitrogens with zero attached hydrogens (tertiary/aromatic N) is 1. The van der Waals surface area contributed by atoms with Gasteiger partial charge >= 0.3 is 6.09 Å². The summed E-state index contributed by atoms with van der Waals surface area (Å²) < 4.78 is 4.95. The number of cyclic esters (lactones) is 1. The third-order valence-corrected chi connectivity index (χ3v) is 5.22. The molecule has 4 rings (SSSR count). The molecule has 0 radical (unpaired) electrons. The highest BCUT2D eigenvalue weighted by molar-refractivity contribution is 6.34. The molecule has 0 saturated carbocycles. The highest BCUT2D eigenvalue weighted by Gasteiger charge is 2.23. The number of rotatable bonds is 6. The maximum Gasteiger partial charge on any atom is 0.414 e. The fraction of sp³-hybridized carbons (Fsp3) is 0.0800. The maximum atomic E-state index is 12.6. The average Bonchev–Trinajstić information content (AvgIpc) is 3.24. The fourth-order valence-electron chi connectivity index (χ4n) is 3.29. The van der Waals surface area contributed by atoms with Crippen LogP contribution in [-0.4, -0.2) is 30.9 Å². The van der Waals surface area contributed by atoms with Gasteiger partial charge in [-0.2, -0.15) is 0 Å². The molecule has 1 N–H and O–H groups in total. The number of nitrogens with one attached hydrogen (secondary N) is 1. The second-order valence-corrected chi connectivity index (χ2v) is 7.48. The van der Waals surface area contributed by atoms with Crippen LogP contribution < -0.4 is 10.2 Å². The lowest BCUT2D eigenvalue weighted by atomic mass is 10.1. The molecule has 6 nitrogen and oxygen atoms in total. The van der Waals surface area contributed by atoms with E-state index in [4.69, 9.17) is 16.3 Å². The molecule has 3 aromatic carbocycles. The summed E-state index contributed by atoms with van der Waals surface area (Å²) >= 11 is 6.08. The standard InChI is InChI=1S/C25H19ClN2O4/c26-22-10-2-1-9-21(22)24(30)27-19-7-3-5-17(15-19)11-12-23(29)18-6-4-8-20(16-18)28-13-14-32-25(28)31/h1-12,15-16H,13-14H2,(H,27,30). The molecule has 0 bridgehead atoms. The van der Waals surface area contributed by atoms with Gasteiger partial charge in [-0.3, -0.25) is 14.5 Å². The molecule has 3 aromatic rings. The van der Waals surface area contributed by atoms with Crippen LogP contribution in [-0.2, 0) is 4.74 Å². The van der Waals surface area contributed by atoms with E-state index >= 15 is 0 Å². The van der Waals surface area contributed by atoms with Gasteiger partial charge in [-0.1, -0.05) is 54.1 Å². The van der Waals surface area contributed by atoms with Gasteiger partial charge < -0.3 is 10.1 Å². The topological polar surface area (TPSA) is 75.7 Å². The second kappa shape index (κ2) is 9.49. The number of allylic oxidation sites excluding steroid dienone is 1. The number of anilines is 2. The van der Waals surface area contributed by atoms with E-state index in [0.717, 1.165) is 5.56 Å². The first-order valence-corrected chi connectivity index (χ1v) is 10.3. The lowest BCUT2D eigenvalue weighted by Gasteiger charge is -2.13. The minimum Gasteiger partial charge on any atom is -0.447 e.